The fraction of sp³-hybridized carbons (Fsp3) is 0.476. The lowest BCUT2D eigenvalue weighted by Gasteiger charge is -2.38. The molecule has 5 heteroatoms. The first-order valence-electron chi connectivity index (χ1n) is 9.34. The molecular weight excluding hydrogens is 326 g/mol. The minimum absolute atomic E-state index is 0.0884. The SMILES string of the molecule is CCn1c(C)cc(O)c([C@H](c2ccc(C)cc2)N2CCN(C)CC2)c1=O. The first kappa shape index (κ1) is 18.7. The number of pyridine rings is 1. The van der Waals surface area contributed by atoms with E-state index < -0.39 is 0 Å². The largest absolute Gasteiger partial charge is 0.507 e. The summed E-state index contributed by atoms with van der Waals surface area (Å²) in [5, 5.41) is 10.7. The lowest BCUT2D eigenvalue weighted by Crippen LogP contribution is -2.47. The van der Waals surface area contributed by atoms with E-state index in [-0.39, 0.29) is 17.4 Å². The van der Waals surface area contributed by atoms with Crippen LogP contribution in [-0.4, -0.2) is 52.7 Å². The Morgan fingerprint density at radius 2 is 1.69 bits per heavy atom. The van der Waals surface area contributed by atoms with Crippen LogP contribution in [0.3, 0.4) is 0 Å². The van der Waals surface area contributed by atoms with Gasteiger partial charge in [0.05, 0.1) is 11.6 Å². The highest BCUT2D eigenvalue weighted by Gasteiger charge is 2.30. The van der Waals surface area contributed by atoms with Crippen LogP contribution >= 0.6 is 0 Å². The molecule has 0 aliphatic carbocycles. The molecule has 1 aromatic heterocycles. The maximum absolute atomic E-state index is 13.2. The molecule has 1 aliphatic heterocycles. The van der Waals surface area contributed by atoms with E-state index in [1.54, 1.807) is 10.6 Å². The first-order chi connectivity index (χ1) is 12.4. The number of aryl methyl sites for hydroxylation is 2. The third-order valence-electron chi connectivity index (χ3n) is 5.41. The van der Waals surface area contributed by atoms with Crippen molar-refractivity contribution in [1.82, 2.24) is 14.4 Å². The summed E-state index contributed by atoms with van der Waals surface area (Å²) < 4.78 is 1.74. The Morgan fingerprint density at radius 3 is 2.27 bits per heavy atom. The van der Waals surface area contributed by atoms with Crippen molar-refractivity contribution in [2.75, 3.05) is 33.2 Å². The minimum atomic E-state index is -0.227. The molecule has 1 saturated heterocycles. The van der Waals surface area contributed by atoms with Crippen molar-refractivity contribution < 1.29 is 5.11 Å². The van der Waals surface area contributed by atoms with Gasteiger partial charge in [-0.1, -0.05) is 29.8 Å². The van der Waals surface area contributed by atoms with Crippen molar-refractivity contribution in [1.29, 1.82) is 0 Å². The average Bonchev–Trinajstić information content (AvgIpc) is 2.61. The standard InChI is InChI=1S/C21H29N3O2/c1-5-24-16(3)14-18(25)19(21(24)26)20(17-8-6-15(2)7-9-17)23-12-10-22(4)11-13-23/h6-9,14,20,25H,5,10-13H2,1-4H3/t20-/m0/s1. The topological polar surface area (TPSA) is 48.7 Å². The number of hydrogen-bond donors (Lipinski definition) is 1. The molecular formula is C21H29N3O2. The second kappa shape index (κ2) is 7.64. The van der Waals surface area contributed by atoms with E-state index in [0.29, 0.717) is 12.1 Å². The third kappa shape index (κ3) is 3.55. The van der Waals surface area contributed by atoms with E-state index in [4.69, 9.17) is 0 Å². The number of nitrogens with zero attached hydrogens (tertiary/aromatic N) is 3. The molecule has 0 bridgehead atoms. The van der Waals surface area contributed by atoms with E-state index in [2.05, 4.69) is 48.0 Å². The van der Waals surface area contributed by atoms with Crippen LogP contribution in [0.4, 0.5) is 0 Å². The molecule has 26 heavy (non-hydrogen) atoms. The molecule has 1 aromatic carbocycles. The molecule has 2 aromatic rings. The molecule has 0 saturated carbocycles. The fourth-order valence-corrected chi connectivity index (χ4v) is 3.81. The van der Waals surface area contributed by atoms with Gasteiger partial charge in [0.1, 0.15) is 5.75 Å². The highest BCUT2D eigenvalue weighted by atomic mass is 16.3. The summed E-state index contributed by atoms with van der Waals surface area (Å²) in [4.78, 5) is 17.8. The summed E-state index contributed by atoms with van der Waals surface area (Å²) >= 11 is 0. The maximum Gasteiger partial charge on any atom is 0.259 e. The monoisotopic (exact) mass is 355 g/mol. The maximum atomic E-state index is 13.2. The number of benzene rings is 1. The van der Waals surface area contributed by atoms with E-state index in [0.717, 1.165) is 37.4 Å². The molecule has 3 rings (SSSR count). The number of piperazine rings is 1. The Labute approximate surface area is 155 Å². The van der Waals surface area contributed by atoms with Crippen LogP contribution in [0.15, 0.2) is 35.1 Å². The molecule has 1 aliphatic rings. The lowest BCUT2D eigenvalue weighted by molar-refractivity contribution is 0.125. The van der Waals surface area contributed by atoms with Crippen molar-refractivity contribution >= 4 is 0 Å². The molecule has 1 atom stereocenters. The highest BCUT2D eigenvalue weighted by molar-refractivity contribution is 5.41. The number of likely N-dealkylation sites (N-methyl/N-ethyl adjacent to an activating group) is 1. The van der Waals surface area contributed by atoms with Crippen molar-refractivity contribution in [2.45, 2.75) is 33.4 Å². The normalized spacial score (nSPS) is 17.4. The Kier molecular flexibility index (Phi) is 5.49. The fourth-order valence-electron chi connectivity index (χ4n) is 3.81. The number of hydrogen-bond acceptors (Lipinski definition) is 4. The third-order valence-corrected chi connectivity index (χ3v) is 5.41. The molecule has 0 amide bonds. The minimum Gasteiger partial charge on any atom is -0.507 e. The molecule has 0 spiro atoms. The smallest absolute Gasteiger partial charge is 0.259 e. The van der Waals surface area contributed by atoms with Crippen molar-refractivity contribution in [2.24, 2.45) is 0 Å². The van der Waals surface area contributed by atoms with Gasteiger partial charge in [0, 0.05) is 38.4 Å². The van der Waals surface area contributed by atoms with Gasteiger partial charge in [-0.25, -0.2) is 0 Å². The Hall–Kier alpha value is -2.11. The molecule has 140 valence electrons. The zero-order valence-corrected chi connectivity index (χ0v) is 16.2. The molecule has 1 fully saturated rings. The highest BCUT2D eigenvalue weighted by Crippen LogP contribution is 2.33. The van der Waals surface area contributed by atoms with E-state index in [9.17, 15) is 9.90 Å². The summed E-state index contributed by atoms with van der Waals surface area (Å²) in [5.74, 6) is 0.0988. The van der Waals surface area contributed by atoms with E-state index >= 15 is 0 Å². The van der Waals surface area contributed by atoms with Gasteiger partial charge in [-0.15, -0.1) is 0 Å². The van der Waals surface area contributed by atoms with Gasteiger partial charge in [0.2, 0.25) is 0 Å². The van der Waals surface area contributed by atoms with Gasteiger partial charge in [-0.2, -0.15) is 0 Å². The number of rotatable bonds is 4. The molecule has 2 heterocycles. The molecule has 0 unspecified atom stereocenters. The van der Waals surface area contributed by atoms with Gasteiger partial charge < -0.3 is 14.6 Å². The van der Waals surface area contributed by atoms with Gasteiger partial charge in [0.15, 0.2) is 0 Å². The van der Waals surface area contributed by atoms with Crippen LogP contribution in [0.5, 0.6) is 5.75 Å². The van der Waals surface area contributed by atoms with Crippen LogP contribution in [0.25, 0.3) is 0 Å². The molecule has 5 nitrogen and oxygen atoms in total. The zero-order chi connectivity index (χ0) is 18.8. The van der Waals surface area contributed by atoms with Crippen molar-refractivity contribution in [3.8, 4) is 5.75 Å². The number of aromatic nitrogens is 1. The van der Waals surface area contributed by atoms with Crippen LogP contribution in [-0.2, 0) is 6.54 Å². The van der Waals surface area contributed by atoms with Crippen molar-refractivity contribution in [3.63, 3.8) is 0 Å². The second-order valence-corrected chi connectivity index (χ2v) is 7.29. The van der Waals surface area contributed by atoms with Crippen LogP contribution in [0, 0.1) is 13.8 Å². The zero-order valence-electron chi connectivity index (χ0n) is 16.2. The summed E-state index contributed by atoms with van der Waals surface area (Å²) in [6.45, 7) is 10.1. The Balaban J connectivity index is 2.15. The predicted molar refractivity (Wildman–Crippen MR) is 105 cm³/mol. The Bertz CT molecular complexity index is 818. The first-order valence-corrected chi connectivity index (χ1v) is 9.34. The summed E-state index contributed by atoms with van der Waals surface area (Å²) in [7, 11) is 2.12. The van der Waals surface area contributed by atoms with Gasteiger partial charge >= 0.3 is 0 Å². The molecule has 1 N–H and O–H groups in total. The Morgan fingerprint density at radius 1 is 1.08 bits per heavy atom. The summed E-state index contributed by atoms with van der Waals surface area (Å²) in [6, 6.07) is 9.79. The van der Waals surface area contributed by atoms with Crippen molar-refractivity contribution in [3.05, 3.63) is 63.1 Å². The quantitative estimate of drug-likeness (QED) is 0.916. The van der Waals surface area contributed by atoms with Crippen LogP contribution in [0.1, 0.15) is 35.3 Å². The van der Waals surface area contributed by atoms with E-state index in [1.165, 1.54) is 5.56 Å². The second-order valence-electron chi connectivity index (χ2n) is 7.29. The average molecular weight is 355 g/mol. The molecule has 0 radical (unpaired) electrons. The summed E-state index contributed by atoms with van der Waals surface area (Å²) in [5.41, 5.74) is 3.43. The van der Waals surface area contributed by atoms with Gasteiger partial charge in [-0.05, 0) is 39.4 Å². The summed E-state index contributed by atoms with van der Waals surface area (Å²) in [6.07, 6.45) is 0. The lowest BCUT2D eigenvalue weighted by atomic mass is 9.95. The van der Waals surface area contributed by atoms with Crippen LogP contribution in [0.2, 0.25) is 0 Å². The van der Waals surface area contributed by atoms with Gasteiger partial charge in [0.25, 0.3) is 5.56 Å². The number of aromatic hydroxyl groups is 1. The predicted octanol–water partition coefficient (Wildman–Crippen LogP) is 2.53. The van der Waals surface area contributed by atoms with Gasteiger partial charge in [-0.3, -0.25) is 9.69 Å². The van der Waals surface area contributed by atoms with Crippen LogP contribution < -0.4 is 5.56 Å². The van der Waals surface area contributed by atoms with E-state index in [1.807, 2.05) is 13.8 Å².